The molecule has 0 saturated heterocycles. The van der Waals surface area contributed by atoms with Gasteiger partial charge in [0, 0.05) is 24.6 Å². The summed E-state index contributed by atoms with van der Waals surface area (Å²) in [6.45, 7) is 8.46. The summed E-state index contributed by atoms with van der Waals surface area (Å²) in [4.78, 5) is 9.25. The molecule has 5 heteroatoms. The van der Waals surface area contributed by atoms with Crippen molar-refractivity contribution < 1.29 is 0 Å². The van der Waals surface area contributed by atoms with E-state index < -0.39 is 0 Å². The highest BCUT2D eigenvalue weighted by Crippen LogP contribution is 2.18. The molecule has 0 aromatic carbocycles. The van der Waals surface area contributed by atoms with Crippen molar-refractivity contribution in [2.24, 2.45) is 7.05 Å². The topological polar surface area (TPSA) is 55.6 Å². The molecule has 1 N–H and O–H groups in total. The van der Waals surface area contributed by atoms with Crippen LogP contribution in [0.3, 0.4) is 0 Å². The van der Waals surface area contributed by atoms with Crippen LogP contribution in [-0.2, 0) is 13.5 Å². The highest BCUT2D eigenvalue weighted by Gasteiger charge is 2.11. The number of aromatic nitrogens is 4. The molecule has 2 aromatic heterocycles. The van der Waals surface area contributed by atoms with Crippen LogP contribution in [0.2, 0.25) is 0 Å². The van der Waals surface area contributed by atoms with Crippen molar-refractivity contribution in [2.45, 2.75) is 40.0 Å². The number of hydrogen-bond acceptors (Lipinski definition) is 4. The van der Waals surface area contributed by atoms with Gasteiger partial charge in [0.25, 0.3) is 0 Å². The van der Waals surface area contributed by atoms with E-state index in [0.29, 0.717) is 0 Å². The first-order valence-corrected chi connectivity index (χ1v) is 7.66. The highest BCUT2D eigenvalue weighted by molar-refractivity contribution is 5.49. The molecule has 0 aliphatic rings. The van der Waals surface area contributed by atoms with Crippen LogP contribution in [0.1, 0.15) is 36.7 Å². The Bertz CT molecular complexity index is 565. The van der Waals surface area contributed by atoms with Crippen molar-refractivity contribution in [3.63, 3.8) is 0 Å². The van der Waals surface area contributed by atoms with Gasteiger partial charge in [0.15, 0.2) is 5.82 Å². The molecule has 2 heterocycles. The third-order valence-corrected chi connectivity index (χ3v) is 3.57. The van der Waals surface area contributed by atoms with E-state index in [2.05, 4.69) is 41.2 Å². The number of aryl methyl sites for hydroxylation is 3. The second-order valence-electron chi connectivity index (χ2n) is 5.42. The summed E-state index contributed by atoms with van der Waals surface area (Å²) >= 11 is 0. The summed E-state index contributed by atoms with van der Waals surface area (Å²) in [5, 5.41) is 7.80. The molecule has 0 bridgehead atoms. The first-order chi connectivity index (χ1) is 10.1. The van der Waals surface area contributed by atoms with Crippen molar-refractivity contribution in [2.75, 3.05) is 13.1 Å². The molecule has 114 valence electrons. The molecular weight excluding hydrogens is 262 g/mol. The smallest absolute Gasteiger partial charge is 0.180 e. The average molecular weight is 287 g/mol. The normalized spacial score (nSPS) is 11.0. The molecule has 2 rings (SSSR count). The van der Waals surface area contributed by atoms with E-state index in [4.69, 9.17) is 0 Å². The molecule has 0 radical (unpaired) electrons. The summed E-state index contributed by atoms with van der Waals surface area (Å²) in [6.07, 6.45) is 5.24. The Morgan fingerprint density at radius 3 is 2.43 bits per heavy atom. The summed E-state index contributed by atoms with van der Waals surface area (Å²) in [7, 11) is 1.90. The molecule has 0 spiro atoms. The molecule has 0 fully saturated rings. The lowest BCUT2D eigenvalue weighted by atomic mass is 10.1. The van der Waals surface area contributed by atoms with Gasteiger partial charge in [-0.05, 0) is 57.8 Å². The Morgan fingerprint density at radius 1 is 1.14 bits per heavy atom. The molecule has 0 atom stereocenters. The zero-order valence-corrected chi connectivity index (χ0v) is 13.5. The van der Waals surface area contributed by atoms with E-state index >= 15 is 0 Å². The van der Waals surface area contributed by atoms with Gasteiger partial charge in [0.2, 0.25) is 0 Å². The van der Waals surface area contributed by atoms with Gasteiger partial charge in [-0.2, -0.15) is 5.10 Å². The Hall–Kier alpha value is -1.75. The molecule has 5 nitrogen and oxygen atoms in total. The Labute approximate surface area is 126 Å². The Kier molecular flexibility index (Phi) is 5.44. The number of hydrogen-bond donors (Lipinski definition) is 1. The van der Waals surface area contributed by atoms with Gasteiger partial charge < -0.3 is 5.32 Å². The second kappa shape index (κ2) is 7.31. The van der Waals surface area contributed by atoms with Crippen LogP contribution >= 0.6 is 0 Å². The van der Waals surface area contributed by atoms with Gasteiger partial charge in [-0.3, -0.25) is 4.68 Å². The van der Waals surface area contributed by atoms with E-state index in [1.807, 2.05) is 19.3 Å². The maximum atomic E-state index is 4.63. The minimum absolute atomic E-state index is 0.721. The lowest BCUT2D eigenvalue weighted by molar-refractivity contribution is 0.636. The average Bonchev–Trinajstić information content (AvgIpc) is 2.87. The van der Waals surface area contributed by atoms with Crippen LogP contribution in [0, 0.1) is 13.8 Å². The minimum atomic E-state index is 0.721. The van der Waals surface area contributed by atoms with E-state index in [-0.39, 0.29) is 0 Å². The fraction of sp³-hybridized carbons (Fsp3) is 0.562. The molecule has 0 aliphatic heterocycles. The first-order valence-electron chi connectivity index (χ1n) is 7.66. The van der Waals surface area contributed by atoms with Crippen LogP contribution in [0.5, 0.6) is 0 Å². The summed E-state index contributed by atoms with van der Waals surface area (Å²) in [6, 6.07) is 1.95. The molecule has 0 saturated carbocycles. The van der Waals surface area contributed by atoms with Crippen LogP contribution < -0.4 is 5.32 Å². The van der Waals surface area contributed by atoms with Gasteiger partial charge in [0.1, 0.15) is 5.69 Å². The number of nitrogens with zero attached hydrogens (tertiary/aromatic N) is 4. The zero-order chi connectivity index (χ0) is 15.2. The second-order valence-corrected chi connectivity index (χ2v) is 5.42. The van der Waals surface area contributed by atoms with Crippen LogP contribution in [0.15, 0.2) is 12.3 Å². The quantitative estimate of drug-likeness (QED) is 0.795. The fourth-order valence-electron chi connectivity index (χ4n) is 2.44. The fourth-order valence-corrected chi connectivity index (χ4v) is 2.44. The van der Waals surface area contributed by atoms with Gasteiger partial charge in [-0.15, -0.1) is 0 Å². The summed E-state index contributed by atoms with van der Waals surface area (Å²) in [5.41, 5.74) is 4.24. The molecule has 0 unspecified atom stereocenters. The summed E-state index contributed by atoms with van der Waals surface area (Å²) in [5.74, 6) is 0.721. The molecule has 21 heavy (non-hydrogen) atoms. The number of rotatable bonds is 7. The molecular formula is C16H25N5. The predicted octanol–water partition coefficient (Wildman–Crippen LogP) is 2.43. The maximum absolute atomic E-state index is 4.63. The largest absolute Gasteiger partial charge is 0.317 e. The van der Waals surface area contributed by atoms with Gasteiger partial charge in [-0.25, -0.2) is 9.97 Å². The zero-order valence-electron chi connectivity index (χ0n) is 13.5. The third-order valence-electron chi connectivity index (χ3n) is 3.57. The van der Waals surface area contributed by atoms with E-state index in [9.17, 15) is 0 Å². The molecule has 0 amide bonds. The predicted molar refractivity (Wildman–Crippen MR) is 85.2 cm³/mol. The maximum Gasteiger partial charge on any atom is 0.180 e. The summed E-state index contributed by atoms with van der Waals surface area (Å²) < 4.78 is 1.77. The lowest BCUT2D eigenvalue weighted by Crippen LogP contribution is -2.17. The highest BCUT2D eigenvalue weighted by atomic mass is 15.3. The van der Waals surface area contributed by atoms with Crippen molar-refractivity contribution >= 4 is 0 Å². The van der Waals surface area contributed by atoms with Crippen molar-refractivity contribution in [3.8, 4) is 11.5 Å². The van der Waals surface area contributed by atoms with Crippen LogP contribution in [0.4, 0.5) is 0 Å². The minimum Gasteiger partial charge on any atom is -0.317 e. The molecule has 2 aromatic rings. The SMILES string of the molecule is CCCNCCCc1c(C)nc(-c2ccn(C)n2)nc1C. The van der Waals surface area contributed by atoms with Crippen molar-refractivity contribution in [1.29, 1.82) is 0 Å². The van der Waals surface area contributed by atoms with Gasteiger partial charge in [0.05, 0.1) is 0 Å². The number of nitrogens with one attached hydrogen (secondary N) is 1. The van der Waals surface area contributed by atoms with Crippen LogP contribution in [-0.4, -0.2) is 32.8 Å². The van der Waals surface area contributed by atoms with E-state index in [1.165, 1.54) is 12.0 Å². The van der Waals surface area contributed by atoms with Crippen molar-refractivity contribution in [1.82, 2.24) is 25.1 Å². The third kappa shape index (κ3) is 4.11. The van der Waals surface area contributed by atoms with E-state index in [1.54, 1.807) is 4.68 Å². The standard InChI is InChI=1S/C16H25N5/c1-5-9-17-10-6-7-14-12(2)18-16(19-13(14)3)15-8-11-21(4)20-15/h8,11,17H,5-7,9-10H2,1-4H3. The Morgan fingerprint density at radius 2 is 1.86 bits per heavy atom. The van der Waals surface area contributed by atoms with Crippen LogP contribution in [0.25, 0.3) is 11.5 Å². The molecule has 0 aliphatic carbocycles. The lowest BCUT2D eigenvalue weighted by Gasteiger charge is -2.10. The van der Waals surface area contributed by atoms with Gasteiger partial charge in [-0.1, -0.05) is 6.92 Å². The Balaban J connectivity index is 2.07. The van der Waals surface area contributed by atoms with Crippen molar-refractivity contribution in [3.05, 3.63) is 29.2 Å². The van der Waals surface area contributed by atoms with E-state index in [0.717, 1.165) is 48.8 Å². The van der Waals surface area contributed by atoms with Gasteiger partial charge >= 0.3 is 0 Å². The monoisotopic (exact) mass is 287 g/mol. The first kappa shape index (κ1) is 15.6.